The summed E-state index contributed by atoms with van der Waals surface area (Å²) < 4.78 is 5.32. The molecular weight excluding hydrogens is 172 g/mol. The minimum atomic E-state index is 0.547. The van der Waals surface area contributed by atoms with E-state index < -0.39 is 0 Å². The number of ether oxygens (including phenoxy) is 1. The fourth-order valence-electron chi connectivity index (χ4n) is 2.90. The maximum Gasteiger partial charge on any atom is 0.0493 e. The molecule has 0 N–H and O–H groups in total. The van der Waals surface area contributed by atoms with Crippen LogP contribution in [0.2, 0.25) is 0 Å². The largest absolute Gasteiger partial charge is 0.384 e. The molecule has 2 atom stereocenters. The van der Waals surface area contributed by atoms with Crippen LogP contribution in [0.3, 0.4) is 0 Å². The molecule has 0 aromatic rings. The zero-order valence-corrected chi connectivity index (χ0v) is 10.3. The summed E-state index contributed by atoms with van der Waals surface area (Å²) in [6.07, 6.45) is 6.92. The molecule has 1 rings (SSSR count). The Morgan fingerprint density at radius 1 is 1.29 bits per heavy atom. The Kier molecular flexibility index (Phi) is 4.43. The molecule has 2 unspecified atom stereocenters. The average Bonchev–Trinajstić information content (AvgIpc) is 2.07. The molecule has 0 saturated heterocycles. The Bertz CT molecular complexity index is 163. The second kappa shape index (κ2) is 5.16. The maximum atomic E-state index is 5.32. The Balaban J connectivity index is 2.53. The summed E-state index contributed by atoms with van der Waals surface area (Å²) in [7, 11) is 1.83. The average molecular weight is 198 g/mol. The monoisotopic (exact) mass is 198 g/mol. The van der Waals surface area contributed by atoms with E-state index in [-0.39, 0.29) is 0 Å². The van der Waals surface area contributed by atoms with Gasteiger partial charge in [-0.15, -0.1) is 0 Å². The van der Waals surface area contributed by atoms with Gasteiger partial charge in [0.1, 0.15) is 0 Å². The Labute approximate surface area is 89.2 Å². The molecule has 0 radical (unpaired) electrons. The highest BCUT2D eigenvalue weighted by molar-refractivity contribution is 4.78. The van der Waals surface area contributed by atoms with E-state index >= 15 is 0 Å². The summed E-state index contributed by atoms with van der Waals surface area (Å²) in [4.78, 5) is 0. The quantitative estimate of drug-likeness (QED) is 0.654. The first-order valence-corrected chi connectivity index (χ1v) is 6.04. The molecule has 0 amide bonds. The van der Waals surface area contributed by atoms with Crippen molar-refractivity contribution in [3.8, 4) is 0 Å². The first-order valence-electron chi connectivity index (χ1n) is 6.04. The molecule has 84 valence electrons. The van der Waals surface area contributed by atoms with E-state index in [0.717, 1.165) is 18.4 Å². The predicted octanol–water partition coefficient (Wildman–Crippen LogP) is 3.88. The van der Waals surface area contributed by atoms with Gasteiger partial charge in [-0.1, -0.05) is 33.6 Å². The van der Waals surface area contributed by atoms with Crippen LogP contribution in [0.1, 0.15) is 52.9 Å². The molecule has 0 spiro atoms. The standard InChI is InChI=1S/C13H26O/c1-11-9-13(2,3)8-6-5-7-12(11)10-14-4/h11-12H,5-10H2,1-4H3. The van der Waals surface area contributed by atoms with Crippen molar-refractivity contribution >= 4 is 0 Å². The van der Waals surface area contributed by atoms with Crippen molar-refractivity contribution in [2.45, 2.75) is 52.9 Å². The Morgan fingerprint density at radius 2 is 2.00 bits per heavy atom. The van der Waals surface area contributed by atoms with Crippen LogP contribution >= 0.6 is 0 Å². The van der Waals surface area contributed by atoms with Crippen molar-refractivity contribution in [2.75, 3.05) is 13.7 Å². The van der Waals surface area contributed by atoms with Crippen LogP contribution in [0.4, 0.5) is 0 Å². The summed E-state index contributed by atoms with van der Waals surface area (Å²) in [5.74, 6) is 1.62. The summed E-state index contributed by atoms with van der Waals surface area (Å²) in [6, 6.07) is 0. The van der Waals surface area contributed by atoms with Crippen molar-refractivity contribution in [2.24, 2.45) is 17.3 Å². The maximum absolute atomic E-state index is 5.32. The zero-order valence-electron chi connectivity index (χ0n) is 10.3. The normalized spacial score (nSPS) is 33.4. The molecule has 1 saturated carbocycles. The van der Waals surface area contributed by atoms with Crippen molar-refractivity contribution in [3.05, 3.63) is 0 Å². The van der Waals surface area contributed by atoms with Gasteiger partial charge in [-0.2, -0.15) is 0 Å². The molecule has 1 heteroatoms. The zero-order chi connectivity index (χ0) is 10.6. The number of hydrogen-bond acceptors (Lipinski definition) is 1. The summed E-state index contributed by atoms with van der Waals surface area (Å²) >= 11 is 0. The van der Waals surface area contributed by atoms with E-state index in [0.29, 0.717) is 5.41 Å². The van der Waals surface area contributed by atoms with Crippen molar-refractivity contribution < 1.29 is 4.74 Å². The molecule has 0 heterocycles. The minimum absolute atomic E-state index is 0.547. The van der Waals surface area contributed by atoms with Gasteiger partial charge in [0, 0.05) is 13.7 Å². The van der Waals surface area contributed by atoms with E-state index in [4.69, 9.17) is 4.74 Å². The van der Waals surface area contributed by atoms with Crippen LogP contribution in [0.15, 0.2) is 0 Å². The fraction of sp³-hybridized carbons (Fsp3) is 1.00. The molecule has 0 aromatic heterocycles. The van der Waals surface area contributed by atoms with Gasteiger partial charge in [0.25, 0.3) is 0 Å². The van der Waals surface area contributed by atoms with E-state index in [1.54, 1.807) is 0 Å². The summed E-state index contributed by atoms with van der Waals surface area (Å²) in [5.41, 5.74) is 0.547. The number of hydrogen-bond donors (Lipinski definition) is 0. The third-order valence-electron chi connectivity index (χ3n) is 3.74. The SMILES string of the molecule is COCC1CCCCC(C)(C)CC1C. The van der Waals surface area contributed by atoms with Crippen LogP contribution in [0, 0.1) is 17.3 Å². The third kappa shape index (κ3) is 3.61. The van der Waals surface area contributed by atoms with Gasteiger partial charge in [0.05, 0.1) is 0 Å². The molecular formula is C13H26O. The first kappa shape index (κ1) is 12.0. The van der Waals surface area contributed by atoms with Gasteiger partial charge in [-0.25, -0.2) is 0 Å². The van der Waals surface area contributed by atoms with Crippen molar-refractivity contribution in [1.82, 2.24) is 0 Å². The summed E-state index contributed by atoms with van der Waals surface area (Å²) in [5, 5.41) is 0. The molecule has 0 aliphatic heterocycles. The lowest BCUT2D eigenvalue weighted by molar-refractivity contribution is 0.0856. The highest BCUT2D eigenvalue weighted by Gasteiger charge is 2.27. The lowest BCUT2D eigenvalue weighted by Crippen LogP contribution is -2.26. The molecule has 0 aromatic carbocycles. The van der Waals surface area contributed by atoms with Gasteiger partial charge in [-0.05, 0) is 36.5 Å². The van der Waals surface area contributed by atoms with Gasteiger partial charge in [-0.3, -0.25) is 0 Å². The molecule has 1 aliphatic carbocycles. The van der Waals surface area contributed by atoms with E-state index in [1.165, 1.54) is 32.1 Å². The van der Waals surface area contributed by atoms with E-state index in [9.17, 15) is 0 Å². The molecule has 1 fully saturated rings. The third-order valence-corrected chi connectivity index (χ3v) is 3.74. The van der Waals surface area contributed by atoms with Crippen molar-refractivity contribution in [3.63, 3.8) is 0 Å². The van der Waals surface area contributed by atoms with E-state index in [2.05, 4.69) is 20.8 Å². The number of methoxy groups -OCH3 is 1. The van der Waals surface area contributed by atoms with Crippen LogP contribution < -0.4 is 0 Å². The van der Waals surface area contributed by atoms with Crippen LogP contribution in [0.25, 0.3) is 0 Å². The van der Waals surface area contributed by atoms with Crippen LogP contribution in [-0.2, 0) is 4.74 Å². The second-order valence-corrected chi connectivity index (χ2v) is 5.81. The second-order valence-electron chi connectivity index (χ2n) is 5.81. The molecule has 0 bridgehead atoms. The highest BCUT2D eigenvalue weighted by Crippen LogP contribution is 2.38. The Morgan fingerprint density at radius 3 is 2.64 bits per heavy atom. The van der Waals surface area contributed by atoms with Crippen molar-refractivity contribution in [1.29, 1.82) is 0 Å². The smallest absolute Gasteiger partial charge is 0.0493 e. The minimum Gasteiger partial charge on any atom is -0.384 e. The van der Waals surface area contributed by atoms with Gasteiger partial charge < -0.3 is 4.74 Å². The van der Waals surface area contributed by atoms with E-state index in [1.807, 2.05) is 7.11 Å². The number of rotatable bonds is 2. The van der Waals surface area contributed by atoms with Crippen LogP contribution in [0.5, 0.6) is 0 Å². The topological polar surface area (TPSA) is 9.23 Å². The highest BCUT2D eigenvalue weighted by atomic mass is 16.5. The molecule has 1 nitrogen and oxygen atoms in total. The molecule has 14 heavy (non-hydrogen) atoms. The lowest BCUT2D eigenvalue weighted by atomic mass is 9.72. The lowest BCUT2D eigenvalue weighted by Gasteiger charge is -2.35. The Hall–Kier alpha value is -0.0400. The van der Waals surface area contributed by atoms with Gasteiger partial charge in [0.15, 0.2) is 0 Å². The van der Waals surface area contributed by atoms with Gasteiger partial charge in [0.2, 0.25) is 0 Å². The van der Waals surface area contributed by atoms with Crippen LogP contribution in [-0.4, -0.2) is 13.7 Å². The fourth-order valence-corrected chi connectivity index (χ4v) is 2.90. The van der Waals surface area contributed by atoms with Gasteiger partial charge >= 0.3 is 0 Å². The predicted molar refractivity (Wildman–Crippen MR) is 61.4 cm³/mol. The first-order chi connectivity index (χ1) is 6.55. The summed E-state index contributed by atoms with van der Waals surface area (Å²) in [6.45, 7) is 8.19. The molecule has 1 aliphatic rings.